The summed E-state index contributed by atoms with van der Waals surface area (Å²) in [5, 5.41) is 0. The Labute approximate surface area is 93.3 Å². The molecule has 0 saturated heterocycles. The number of rotatable bonds is 1. The smallest absolute Gasteiger partial charge is 0.369 e. The van der Waals surface area contributed by atoms with Crippen LogP contribution in [0.1, 0.15) is 5.56 Å². The van der Waals surface area contributed by atoms with Crippen LogP contribution in [-0.4, -0.2) is 9.97 Å². The summed E-state index contributed by atoms with van der Waals surface area (Å²) in [6.45, 7) is 0. The van der Waals surface area contributed by atoms with E-state index >= 15 is 0 Å². The SMILES string of the molecule is Nc1ncc(-c2cccc(C(F)(F)F)c2F)[nH]1. The summed E-state index contributed by atoms with van der Waals surface area (Å²) in [4.78, 5) is 6.07. The standard InChI is InChI=1S/C10H7F4N3/c11-8-5(7-4-16-9(15)17-7)2-1-3-6(8)10(12,13)14/h1-4H,(H3,15,16,17). The number of H-pyrrole nitrogens is 1. The number of aromatic amines is 1. The first-order valence-electron chi connectivity index (χ1n) is 4.56. The number of hydrogen-bond donors (Lipinski definition) is 2. The maximum Gasteiger partial charge on any atom is 0.419 e. The third kappa shape index (κ3) is 2.08. The molecule has 1 aromatic heterocycles. The van der Waals surface area contributed by atoms with Crippen LogP contribution >= 0.6 is 0 Å². The van der Waals surface area contributed by atoms with Crippen LogP contribution in [0.25, 0.3) is 11.3 Å². The Balaban J connectivity index is 2.57. The number of alkyl halides is 3. The lowest BCUT2D eigenvalue weighted by Gasteiger charge is -2.09. The van der Waals surface area contributed by atoms with Gasteiger partial charge in [0.25, 0.3) is 0 Å². The van der Waals surface area contributed by atoms with Crippen molar-refractivity contribution in [1.29, 1.82) is 0 Å². The number of nitrogens with zero attached hydrogens (tertiary/aromatic N) is 1. The van der Waals surface area contributed by atoms with Gasteiger partial charge < -0.3 is 10.7 Å². The van der Waals surface area contributed by atoms with E-state index in [1.165, 1.54) is 12.3 Å². The zero-order valence-electron chi connectivity index (χ0n) is 8.35. The number of nitrogens with one attached hydrogen (secondary N) is 1. The van der Waals surface area contributed by atoms with Gasteiger partial charge >= 0.3 is 6.18 Å². The summed E-state index contributed by atoms with van der Waals surface area (Å²) in [7, 11) is 0. The van der Waals surface area contributed by atoms with Crippen LogP contribution < -0.4 is 5.73 Å². The molecule has 1 aromatic carbocycles. The van der Waals surface area contributed by atoms with Gasteiger partial charge in [0.15, 0.2) is 5.95 Å². The van der Waals surface area contributed by atoms with Crippen molar-refractivity contribution in [2.24, 2.45) is 0 Å². The van der Waals surface area contributed by atoms with E-state index in [0.29, 0.717) is 6.07 Å². The van der Waals surface area contributed by atoms with E-state index in [1.807, 2.05) is 0 Å². The highest BCUT2D eigenvalue weighted by Crippen LogP contribution is 2.34. The highest BCUT2D eigenvalue weighted by Gasteiger charge is 2.35. The molecule has 2 aromatic rings. The fourth-order valence-corrected chi connectivity index (χ4v) is 1.43. The minimum absolute atomic E-state index is 0.0109. The predicted molar refractivity (Wildman–Crippen MR) is 53.4 cm³/mol. The van der Waals surface area contributed by atoms with Crippen molar-refractivity contribution in [3.05, 3.63) is 35.8 Å². The van der Waals surface area contributed by atoms with Crippen molar-refractivity contribution in [2.45, 2.75) is 6.18 Å². The van der Waals surface area contributed by atoms with E-state index in [0.717, 1.165) is 6.07 Å². The Hall–Kier alpha value is -2.05. The molecule has 0 aliphatic carbocycles. The molecule has 0 bridgehead atoms. The molecule has 0 amide bonds. The molecule has 1 heterocycles. The maximum absolute atomic E-state index is 13.7. The Morgan fingerprint density at radius 2 is 1.94 bits per heavy atom. The van der Waals surface area contributed by atoms with Gasteiger partial charge in [0.05, 0.1) is 17.5 Å². The molecule has 0 radical (unpaired) electrons. The molecule has 0 spiro atoms. The summed E-state index contributed by atoms with van der Waals surface area (Å²) in [5.74, 6) is -1.33. The highest BCUT2D eigenvalue weighted by atomic mass is 19.4. The molecule has 0 fully saturated rings. The summed E-state index contributed by atoms with van der Waals surface area (Å²) in [6, 6.07) is 3.02. The zero-order chi connectivity index (χ0) is 12.6. The van der Waals surface area contributed by atoms with Crippen molar-refractivity contribution in [2.75, 3.05) is 5.73 Å². The Bertz CT molecular complexity index is 545. The van der Waals surface area contributed by atoms with E-state index in [1.54, 1.807) is 0 Å². The zero-order valence-corrected chi connectivity index (χ0v) is 8.35. The van der Waals surface area contributed by atoms with Crippen LogP contribution in [0.4, 0.5) is 23.5 Å². The summed E-state index contributed by atoms with van der Waals surface area (Å²) < 4.78 is 51.0. The fraction of sp³-hybridized carbons (Fsp3) is 0.100. The Morgan fingerprint density at radius 3 is 2.47 bits per heavy atom. The molecule has 0 saturated carbocycles. The third-order valence-electron chi connectivity index (χ3n) is 2.19. The molecule has 3 N–H and O–H groups in total. The van der Waals surface area contributed by atoms with Gasteiger partial charge in [0, 0.05) is 5.56 Å². The topological polar surface area (TPSA) is 54.7 Å². The molecule has 2 rings (SSSR count). The molecule has 0 atom stereocenters. The number of benzene rings is 1. The van der Waals surface area contributed by atoms with Crippen molar-refractivity contribution in [1.82, 2.24) is 9.97 Å². The monoisotopic (exact) mass is 245 g/mol. The molecule has 0 aliphatic rings. The Kier molecular flexibility index (Phi) is 2.53. The molecule has 7 heteroatoms. The first-order chi connectivity index (χ1) is 7.89. The number of hydrogen-bond acceptors (Lipinski definition) is 2. The van der Waals surface area contributed by atoms with Crippen molar-refractivity contribution < 1.29 is 17.6 Å². The van der Waals surface area contributed by atoms with Gasteiger partial charge in [0.1, 0.15) is 5.82 Å². The van der Waals surface area contributed by atoms with Crippen LogP contribution in [0, 0.1) is 5.82 Å². The van der Waals surface area contributed by atoms with Crippen molar-refractivity contribution in [3.8, 4) is 11.3 Å². The van der Waals surface area contributed by atoms with Crippen molar-refractivity contribution in [3.63, 3.8) is 0 Å². The van der Waals surface area contributed by atoms with Gasteiger partial charge in [-0.25, -0.2) is 9.37 Å². The summed E-state index contributed by atoms with van der Waals surface area (Å²) >= 11 is 0. The van der Waals surface area contributed by atoms with E-state index in [-0.39, 0.29) is 17.2 Å². The van der Waals surface area contributed by atoms with E-state index in [9.17, 15) is 17.6 Å². The first-order valence-corrected chi connectivity index (χ1v) is 4.56. The van der Waals surface area contributed by atoms with E-state index < -0.39 is 17.6 Å². The molecule has 90 valence electrons. The average molecular weight is 245 g/mol. The lowest BCUT2D eigenvalue weighted by atomic mass is 10.1. The van der Waals surface area contributed by atoms with Gasteiger partial charge in [-0.3, -0.25) is 0 Å². The van der Waals surface area contributed by atoms with Crippen LogP contribution in [0.5, 0.6) is 0 Å². The quantitative estimate of drug-likeness (QED) is 0.759. The van der Waals surface area contributed by atoms with Crippen LogP contribution in [0.15, 0.2) is 24.4 Å². The number of imidazole rings is 1. The maximum atomic E-state index is 13.7. The van der Waals surface area contributed by atoms with E-state index in [2.05, 4.69) is 9.97 Å². The number of halogens is 4. The molecule has 0 aliphatic heterocycles. The molecular weight excluding hydrogens is 238 g/mol. The number of nitrogen functional groups attached to an aromatic ring is 1. The fourth-order valence-electron chi connectivity index (χ4n) is 1.43. The van der Waals surface area contributed by atoms with Gasteiger partial charge in [0.2, 0.25) is 0 Å². The first kappa shape index (κ1) is 11.4. The minimum Gasteiger partial charge on any atom is -0.369 e. The lowest BCUT2D eigenvalue weighted by molar-refractivity contribution is -0.139. The number of aromatic nitrogens is 2. The normalized spacial score (nSPS) is 11.8. The molecular formula is C10H7F4N3. The van der Waals surface area contributed by atoms with E-state index in [4.69, 9.17) is 5.73 Å². The second kappa shape index (κ2) is 3.76. The molecule has 0 unspecified atom stereocenters. The largest absolute Gasteiger partial charge is 0.419 e. The predicted octanol–water partition coefficient (Wildman–Crippen LogP) is 2.82. The van der Waals surface area contributed by atoms with Crippen LogP contribution in [0.3, 0.4) is 0 Å². The highest BCUT2D eigenvalue weighted by molar-refractivity contribution is 5.62. The second-order valence-electron chi connectivity index (χ2n) is 3.35. The Morgan fingerprint density at radius 1 is 1.24 bits per heavy atom. The summed E-state index contributed by atoms with van der Waals surface area (Å²) in [5.41, 5.74) is 3.85. The van der Waals surface area contributed by atoms with Crippen LogP contribution in [-0.2, 0) is 6.18 Å². The van der Waals surface area contributed by atoms with Gasteiger partial charge in [-0.1, -0.05) is 6.07 Å². The van der Waals surface area contributed by atoms with Gasteiger partial charge in [-0.05, 0) is 12.1 Å². The minimum atomic E-state index is -4.73. The second-order valence-corrected chi connectivity index (χ2v) is 3.35. The molecule has 3 nitrogen and oxygen atoms in total. The van der Waals surface area contributed by atoms with Gasteiger partial charge in [-0.15, -0.1) is 0 Å². The number of anilines is 1. The average Bonchev–Trinajstić information content (AvgIpc) is 2.63. The van der Waals surface area contributed by atoms with Crippen molar-refractivity contribution >= 4 is 5.95 Å². The number of nitrogens with two attached hydrogens (primary N) is 1. The summed E-state index contributed by atoms with van der Waals surface area (Å²) in [6.07, 6.45) is -3.56. The third-order valence-corrected chi connectivity index (χ3v) is 2.19. The molecule has 17 heavy (non-hydrogen) atoms. The lowest BCUT2D eigenvalue weighted by Crippen LogP contribution is -2.08. The van der Waals surface area contributed by atoms with Gasteiger partial charge in [-0.2, -0.15) is 13.2 Å². The van der Waals surface area contributed by atoms with Crippen LogP contribution in [0.2, 0.25) is 0 Å².